The summed E-state index contributed by atoms with van der Waals surface area (Å²) in [6, 6.07) is 17.6. The highest BCUT2D eigenvalue weighted by atomic mass is 14.9. The second-order valence-corrected chi connectivity index (χ2v) is 6.44. The standard InChI is InChI=1S/C20H26N2/c1-15-14-22-12-11-17-8-9-18(13-19(15)17)20(21)10-7-16-5-3-2-4-6-16/h2-6,8-9,13,15,20,22H,7,10-12,14,21H2,1H3. The Balaban J connectivity index is 1.71. The number of hydrogen-bond acceptors (Lipinski definition) is 2. The fourth-order valence-electron chi connectivity index (χ4n) is 3.32. The summed E-state index contributed by atoms with van der Waals surface area (Å²) in [6.07, 6.45) is 3.16. The van der Waals surface area contributed by atoms with E-state index in [1.54, 1.807) is 0 Å². The SMILES string of the molecule is CC1CNCCc2ccc(C(N)CCc3ccccc3)cc21. The predicted molar refractivity (Wildman–Crippen MR) is 93.1 cm³/mol. The monoisotopic (exact) mass is 294 g/mol. The first-order valence-corrected chi connectivity index (χ1v) is 8.37. The van der Waals surface area contributed by atoms with Crippen LogP contribution in [0.5, 0.6) is 0 Å². The lowest BCUT2D eigenvalue weighted by molar-refractivity contribution is 0.637. The summed E-state index contributed by atoms with van der Waals surface area (Å²) in [5, 5.41) is 3.51. The van der Waals surface area contributed by atoms with Crippen molar-refractivity contribution in [2.24, 2.45) is 5.73 Å². The van der Waals surface area contributed by atoms with E-state index in [0.29, 0.717) is 5.92 Å². The highest BCUT2D eigenvalue weighted by Crippen LogP contribution is 2.27. The minimum atomic E-state index is 0.119. The molecule has 0 saturated carbocycles. The van der Waals surface area contributed by atoms with Crippen molar-refractivity contribution in [3.05, 3.63) is 70.8 Å². The molecule has 1 aliphatic rings. The van der Waals surface area contributed by atoms with Gasteiger partial charge in [0.1, 0.15) is 0 Å². The Morgan fingerprint density at radius 3 is 2.82 bits per heavy atom. The molecule has 0 aliphatic carbocycles. The predicted octanol–water partition coefficient (Wildman–Crippen LogP) is 3.57. The number of fused-ring (bicyclic) bond motifs is 1. The van der Waals surface area contributed by atoms with E-state index in [1.165, 1.54) is 22.3 Å². The number of nitrogens with one attached hydrogen (secondary N) is 1. The summed E-state index contributed by atoms with van der Waals surface area (Å²) >= 11 is 0. The van der Waals surface area contributed by atoms with Gasteiger partial charge in [-0.3, -0.25) is 0 Å². The van der Waals surface area contributed by atoms with Gasteiger partial charge >= 0.3 is 0 Å². The summed E-state index contributed by atoms with van der Waals surface area (Å²) in [5.74, 6) is 0.568. The number of rotatable bonds is 4. The third kappa shape index (κ3) is 3.57. The molecule has 0 aromatic heterocycles. The molecule has 0 spiro atoms. The topological polar surface area (TPSA) is 38.0 Å². The molecule has 22 heavy (non-hydrogen) atoms. The second kappa shape index (κ2) is 7.08. The van der Waals surface area contributed by atoms with Crippen molar-refractivity contribution < 1.29 is 0 Å². The van der Waals surface area contributed by atoms with Crippen LogP contribution in [0.2, 0.25) is 0 Å². The van der Waals surface area contributed by atoms with Crippen LogP contribution in [0.15, 0.2) is 48.5 Å². The summed E-state index contributed by atoms with van der Waals surface area (Å²) < 4.78 is 0. The molecule has 1 heterocycles. The second-order valence-electron chi connectivity index (χ2n) is 6.44. The van der Waals surface area contributed by atoms with Crippen LogP contribution in [-0.4, -0.2) is 13.1 Å². The molecular weight excluding hydrogens is 268 g/mol. The Bertz CT molecular complexity index is 606. The van der Waals surface area contributed by atoms with Gasteiger partial charge in [0.2, 0.25) is 0 Å². The first-order valence-electron chi connectivity index (χ1n) is 8.37. The molecule has 2 atom stereocenters. The number of benzene rings is 2. The highest BCUT2D eigenvalue weighted by Gasteiger charge is 2.16. The van der Waals surface area contributed by atoms with Gasteiger partial charge in [0.25, 0.3) is 0 Å². The Hall–Kier alpha value is -1.64. The van der Waals surface area contributed by atoms with Crippen molar-refractivity contribution in [3.8, 4) is 0 Å². The van der Waals surface area contributed by atoms with Crippen LogP contribution in [0.25, 0.3) is 0 Å². The number of aryl methyl sites for hydroxylation is 1. The van der Waals surface area contributed by atoms with Gasteiger partial charge in [0.05, 0.1) is 0 Å². The van der Waals surface area contributed by atoms with Gasteiger partial charge in [-0.1, -0.05) is 55.5 Å². The van der Waals surface area contributed by atoms with Gasteiger partial charge in [0, 0.05) is 12.6 Å². The van der Waals surface area contributed by atoms with E-state index in [4.69, 9.17) is 5.73 Å². The van der Waals surface area contributed by atoms with Crippen molar-refractivity contribution in [1.29, 1.82) is 0 Å². The normalized spacial score (nSPS) is 19.3. The first-order chi connectivity index (χ1) is 10.7. The molecule has 3 N–H and O–H groups in total. The largest absolute Gasteiger partial charge is 0.324 e. The van der Waals surface area contributed by atoms with Crippen LogP contribution in [0.3, 0.4) is 0 Å². The van der Waals surface area contributed by atoms with Gasteiger partial charge in [-0.05, 0) is 54.0 Å². The maximum Gasteiger partial charge on any atom is 0.0298 e. The maximum absolute atomic E-state index is 6.44. The summed E-state index contributed by atoms with van der Waals surface area (Å²) in [7, 11) is 0. The van der Waals surface area contributed by atoms with Gasteiger partial charge in [0.15, 0.2) is 0 Å². The summed E-state index contributed by atoms with van der Waals surface area (Å²) in [6.45, 7) is 4.45. The third-order valence-corrected chi connectivity index (χ3v) is 4.74. The molecule has 2 unspecified atom stereocenters. The molecule has 0 radical (unpaired) electrons. The van der Waals surface area contributed by atoms with Crippen LogP contribution in [0.1, 0.15) is 47.6 Å². The third-order valence-electron chi connectivity index (χ3n) is 4.74. The van der Waals surface area contributed by atoms with Gasteiger partial charge < -0.3 is 11.1 Å². The molecule has 2 heteroatoms. The highest BCUT2D eigenvalue weighted by molar-refractivity contribution is 5.37. The zero-order chi connectivity index (χ0) is 15.4. The zero-order valence-corrected chi connectivity index (χ0v) is 13.4. The van der Waals surface area contributed by atoms with Crippen LogP contribution >= 0.6 is 0 Å². The molecule has 2 nitrogen and oxygen atoms in total. The van der Waals surface area contributed by atoms with E-state index in [0.717, 1.165) is 32.4 Å². The van der Waals surface area contributed by atoms with Gasteiger partial charge in [-0.15, -0.1) is 0 Å². The summed E-state index contributed by atoms with van der Waals surface area (Å²) in [4.78, 5) is 0. The molecule has 2 aromatic rings. The molecule has 116 valence electrons. The maximum atomic E-state index is 6.44. The average molecular weight is 294 g/mol. The summed E-state index contributed by atoms with van der Waals surface area (Å²) in [5.41, 5.74) is 12.1. The lowest BCUT2D eigenvalue weighted by Gasteiger charge is -2.18. The van der Waals surface area contributed by atoms with Crippen molar-refractivity contribution in [1.82, 2.24) is 5.32 Å². The Labute approximate surface area is 133 Å². The fourth-order valence-corrected chi connectivity index (χ4v) is 3.32. The van der Waals surface area contributed by atoms with E-state index >= 15 is 0 Å². The van der Waals surface area contributed by atoms with Gasteiger partial charge in [-0.2, -0.15) is 0 Å². The average Bonchev–Trinajstić information content (AvgIpc) is 2.75. The first kappa shape index (κ1) is 15.3. The van der Waals surface area contributed by atoms with Crippen molar-refractivity contribution in [3.63, 3.8) is 0 Å². The molecular formula is C20H26N2. The van der Waals surface area contributed by atoms with Gasteiger partial charge in [-0.25, -0.2) is 0 Å². The Morgan fingerprint density at radius 2 is 2.00 bits per heavy atom. The van der Waals surface area contributed by atoms with Crippen LogP contribution in [0, 0.1) is 0 Å². The van der Waals surface area contributed by atoms with Crippen molar-refractivity contribution >= 4 is 0 Å². The molecule has 0 amide bonds. The quantitative estimate of drug-likeness (QED) is 0.904. The Morgan fingerprint density at radius 1 is 1.18 bits per heavy atom. The molecule has 1 aliphatic heterocycles. The zero-order valence-electron chi connectivity index (χ0n) is 13.4. The van der Waals surface area contributed by atoms with Crippen LogP contribution < -0.4 is 11.1 Å². The smallest absolute Gasteiger partial charge is 0.0298 e. The number of nitrogens with two attached hydrogens (primary N) is 1. The molecule has 0 saturated heterocycles. The van der Waals surface area contributed by atoms with E-state index < -0.39 is 0 Å². The van der Waals surface area contributed by atoms with E-state index in [2.05, 4.69) is 60.8 Å². The minimum Gasteiger partial charge on any atom is -0.324 e. The number of hydrogen-bond donors (Lipinski definition) is 2. The molecule has 2 aromatic carbocycles. The van der Waals surface area contributed by atoms with Crippen LogP contribution in [0.4, 0.5) is 0 Å². The minimum absolute atomic E-state index is 0.119. The van der Waals surface area contributed by atoms with Crippen molar-refractivity contribution in [2.75, 3.05) is 13.1 Å². The lowest BCUT2D eigenvalue weighted by atomic mass is 9.90. The lowest BCUT2D eigenvalue weighted by Crippen LogP contribution is -2.18. The van der Waals surface area contributed by atoms with E-state index in [-0.39, 0.29) is 6.04 Å². The van der Waals surface area contributed by atoms with Crippen LogP contribution in [-0.2, 0) is 12.8 Å². The van der Waals surface area contributed by atoms with E-state index in [9.17, 15) is 0 Å². The molecule has 3 rings (SSSR count). The van der Waals surface area contributed by atoms with Crippen molar-refractivity contribution in [2.45, 2.75) is 38.1 Å². The van der Waals surface area contributed by atoms with E-state index in [1.807, 2.05) is 0 Å². The Kier molecular flexibility index (Phi) is 4.91. The molecule has 0 bridgehead atoms. The fraction of sp³-hybridized carbons (Fsp3) is 0.400. The molecule has 0 fully saturated rings.